The van der Waals surface area contributed by atoms with E-state index in [1.807, 2.05) is 13.0 Å². The minimum Gasteiger partial charge on any atom is -0.447 e. The molecule has 0 radical (unpaired) electrons. The summed E-state index contributed by atoms with van der Waals surface area (Å²) in [6.45, 7) is 2.91. The van der Waals surface area contributed by atoms with Crippen molar-refractivity contribution >= 4 is 23.6 Å². The molecule has 0 spiro atoms. The van der Waals surface area contributed by atoms with Crippen LogP contribution in [0.1, 0.15) is 53.0 Å². The van der Waals surface area contributed by atoms with Crippen molar-refractivity contribution in [3.63, 3.8) is 0 Å². The van der Waals surface area contributed by atoms with Crippen LogP contribution in [-0.4, -0.2) is 34.6 Å². The second kappa shape index (κ2) is 6.27. The van der Waals surface area contributed by atoms with Gasteiger partial charge in [-0.3, -0.25) is 19.6 Å². The Kier molecular flexibility index (Phi) is 3.83. The van der Waals surface area contributed by atoms with E-state index in [0.717, 1.165) is 29.8 Å². The van der Waals surface area contributed by atoms with Crippen molar-refractivity contribution in [2.24, 2.45) is 5.73 Å². The average molecular weight is 379 g/mol. The smallest absolute Gasteiger partial charge is 0.415 e. The first-order valence-electron chi connectivity index (χ1n) is 9.54. The first-order chi connectivity index (χ1) is 13.6. The lowest BCUT2D eigenvalue weighted by Gasteiger charge is -2.20. The van der Waals surface area contributed by atoms with Crippen LogP contribution in [0.3, 0.4) is 0 Å². The second-order valence-electron chi connectivity index (χ2n) is 7.54. The Hall–Kier alpha value is -3.00. The van der Waals surface area contributed by atoms with Crippen molar-refractivity contribution in [2.45, 2.75) is 44.8 Å². The normalized spacial score (nSPS) is 21.3. The van der Waals surface area contributed by atoms with Crippen LogP contribution in [0.15, 0.2) is 24.3 Å². The Bertz CT molecular complexity index is 988. The van der Waals surface area contributed by atoms with Crippen molar-refractivity contribution in [3.8, 4) is 0 Å². The molecule has 2 amide bonds. The topological polar surface area (TPSA) is 102 Å². The third-order valence-electron chi connectivity index (χ3n) is 5.54. The van der Waals surface area contributed by atoms with Gasteiger partial charge in [0.25, 0.3) is 5.91 Å². The molecule has 2 fully saturated rings. The average Bonchev–Trinajstić information content (AvgIpc) is 3.43. The Morgan fingerprint density at radius 3 is 2.68 bits per heavy atom. The first kappa shape index (κ1) is 17.1. The third kappa shape index (κ3) is 2.63. The summed E-state index contributed by atoms with van der Waals surface area (Å²) in [6.07, 6.45) is 1.81. The number of cyclic esters (lactones) is 1. The van der Waals surface area contributed by atoms with Crippen LogP contribution in [0.5, 0.6) is 0 Å². The number of hydrogen-bond acceptors (Lipinski definition) is 6. The second-order valence-corrected chi connectivity index (χ2v) is 7.54. The van der Waals surface area contributed by atoms with Crippen LogP contribution in [0.25, 0.3) is 0 Å². The van der Waals surface area contributed by atoms with Gasteiger partial charge < -0.3 is 10.5 Å². The number of amides is 2. The predicted octanol–water partition coefficient (Wildman–Crippen LogP) is 2.32. The summed E-state index contributed by atoms with van der Waals surface area (Å²) in [6, 6.07) is 7.13. The van der Waals surface area contributed by atoms with Crippen LogP contribution >= 0.6 is 0 Å². The molecule has 2 aliphatic heterocycles. The van der Waals surface area contributed by atoms with Gasteiger partial charge in [0.1, 0.15) is 18.2 Å². The highest BCUT2D eigenvalue weighted by Gasteiger charge is 2.36. The largest absolute Gasteiger partial charge is 0.447 e. The van der Waals surface area contributed by atoms with Crippen molar-refractivity contribution in [3.05, 3.63) is 46.8 Å². The lowest BCUT2D eigenvalue weighted by atomic mass is 10.1. The van der Waals surface area contributed by atoms with E-state index < -0.39 is 6.09 Å². The van der Waals surface area contributed by atoms with Crippen molar-refractivity contribution in [1.29, 1.82) is 0 Å². The standard InChI is InChI=1S/C20H21N5O3/c1-11-10-28-20(27)25(11)18-4-2-3-17(23-18)24-9-14-13(19(24)26)7-15(12-5-6-12)22-16(14)8-21/h2-4,7,11-12H,5-6,8-10,21H2,1H3/t11-/m0/s1. The Morgan fingerprint density at radius 2 is 2.00 bits per heavy atom. The molecule has 2 aromatic rings. The number of ether oxygens (including phenoxy) is 1. The fourth-order valence-corrected chi connectivity index (χ4v) is 3.86. The number of aromatic nitrogens is 2. The summed E-state index contributed by atoms with van der Waals surface area (Å²) >= 11 is 0. The van der Waals surface area contributed by atoms with Crippen molar-refractivity contribution in [1.82, 2.24) is 9.97 Å². The molecule has 3 aliphatic rings. The molecule has 1 atom stereocenters. The van der Waals surface area contributed by atoms with Gasteiger partial charge in [0.15, 0.2) is 0 Å². The number of pyridine rings is 2. The molecule has 0 unspecified atom stereocenters. The number of nitrogens with two attached hydrogens (primary N) is 1. The number of rotatable bonds is 4. The zero-order valence-electron chi connectivity index (χ0n) is 15.6. The van der Waals surface area contributed by atoms with Gasteiger partial charge in [-0.15, -0.1) is 0 Å². The number of fused-ring (bicyclic) bond motifs is 1. The van der Waals surface area contributed by atoms with Gasteiger partial charge in [-0.05, 0) is 38.0 Å². The van der Waals surface area contributed by atoms with Gasteiger partial charge in [-0.1, -0.05) is 6.07 Å². The maximum Gasteiger partial charge on any atom is 0.415 e. The van der Waals surface area contributed by atoms with E-state index in [4.69, 9.17) is 15.5 Å². The summed E-state index contributed by atoms with van der Waals surface area (Å²) in [7, 11) is 0. The van der Waals surface area contributed by atoms with Gasteiger partial charge >= 0.3 is 6.09 Å². The van der Waals surface area contributed by atoms with E-state index in [2.05, 4.69) is 4.98 Å². The number of carbonyl (C=O) groups excluding carboxylic acids is 2. The summed E-state index contributed by atoms with van der Waals surface area (Å²) in [4.78, 5) is 37.5. The molecule has 1 saturated carbocycles. The summed E-state index contributed by atoms with van der Waals surface area (Å²) in [5, 5.41) is 0. The Morgan fingerprint density at radius 1 is 1.21 bits per heavy atom. The molecule has 144 valence electrons. The van der Waals surface area contributed by atoms with Gasteiger partial charge in [0.2, 0.25) is 0 Å². The van der Waals surface area contributed by atoms with Crippen LogP contribution in [0, 0.1) is 0 Å². The molecule has 5 rings (SSSR count). The molecule has 4 heterocycles. The number of nitrogens with zero attached hydrogens (tertiary/aromatic N) is 4. The molecule has 8 heteroatoms. The maximum atomic E-state index is 13.1. The molecule has 2 aromatic heterocycles. The molecule has 0 bridgehead atoms. The lowest BCUT2D eigenvalue weighted by Crippen LogP contribution is -2.32. The highest BCUT2D eigenvalue weighted by Crippen LogP contribution is 2.41. The Balaban J connectivity index is 1.50. The van der Waals surface area contributed by atoms with E-state index in [-0.39, 0.29) is 11.9 Å². The quantitative estimate of drug-likeness (QED) is 0.875. The molecule has 0 aromatic carbocycles. The number of hydrogen-bond donors (Lipinski definition) is 1. The van der Waals surface area contributed by atoms with E-state index >= 15 is 0 Å². The van der Waals surface area contributed by atoms with Crippen LogP contribution in [-0.2, 0) is 17.8 Å². The van der Waals surface area contributed by atoms with Gasteiger partial charge in [-0.2, -0.15) is 0 Å². The predicted molar refractivity (Wildman–Crippen MR) is 102 cm³/mol. The fraction of sp³-hybridized carbons (Fsp3) is 0.400. The monoisotopic (exact) mass is 379 g/mol. The third-order valence-corrected chi connectivity index (χ3v) is 5.54. The van der Waals surface area contributed by atoms with Crippen LogP contribution in [0.4, 0.5) is 16.4 Å². The zero-order chi connectivity index (χ0) is 19.4. The van der Waals surface area contributed by atoms with E-state index in [0.29, 0.717) is 42.8 Å². The van der Waals surface area contributed by atoms with Crippen LogP contribution < -0.4 is 15.5 Å². The molecule has 28 heavy (non-hydrogen) atoms. The molecule has 1 saturated heterocycles. The molecule has 2 N–H and O–H groups in total. The van der Waals surface area contributed by atoms with Gasteiger partial charge in [-0.25, -0.2) is 9.78 Å². The minimum absolute atomic E-state index is 0.101. The van der Waals surface area contributed by atoms with Gasteiger partial charge in [0.05, 0.1) is 18.3 Å². The molecule has 8 nitrogen and oxygen atoms in total. The maximum absolute atomic E-state index is 13.1. The SMILES string of the molecule is C[C@H]1COC(=O)N1c1cccc(N2Cc3c(cc(C4CC4)nc3CN)C2=O)n1. The number of carbonyl (C=O) groups is 2. The van der Waals surface area contributed by atoms with Crippen LogP contribution in [0.2, 0.25) is 0 Å². The molecular weight excluding hydrogens is 358 g/mol. The summed E-state index contributed by atoms with van der Waals surface area (Å²) < 4.78 is 5.09. The fourth-order valence-electron chi connectivity index (χ4n) is 3.86. The van der Waals surface area contributed by atoms with E-state index in [1.165, 1.54) is 4.90 Å². The minimum atomic E-state index is -0.420. The van der Waals surface area contributed by atoms with E-state index in [1.54, 1.807) is 23.1 Å². The summed E-state index contributed by atoms with van der Waals surface area (Å²) in [5.74, 6) is 1.32. The van der Waals surface area contributed by atoms with E-state index in [9.17, 15) is 9.59 Å². The summed E-state index contributed by atoms with van der Waals surface area (Å²) in [5.41, 5.74) is 9.20. The molecule has 1 aliphatic carbocycles. The van der Waals surface area contributed by atoms with Gasteiger partial charge in [0, 0.05) is 29.3 Å². The van der Waals surface area contributed by atoms with Crippen molar-refractivity contribution in [2.75, 3.05) is 16.4 Å². The highest BCUT2D eigenvalue weighted by atomic mass is 16.6. The number of anilines is 2. The lowest BCUT2D eigenvalue weighted by molar-refractivity contribution is 0.0995. The first-order valence-corrected chi connectivity index (χ1v) is 9.54. The molecular formula is C20H21N5O3. The highest BCUT2D eigenvalue weighted by molar-refractivity contribution is 6.10. The van der Waals surface area contributed by atoms with Crippen molar-refractivity contribution < 1.29 is 14.3 Å². The zero-order valence-corrected chi connectivity index (χ0v) is 15.6. The Labute approximate surface area is 162 Å².